The molecule has 1 aliphatic rings. The van der Waals surface area contributed by atoms with Crippen LogP contribution in [0.3, 0.4) is 0 Å². The molecule has 1 aliphatic heterocycles. The number of aliphatic hydroxyl groups is 1. The lowest BCUT2D eigenvalue weighted by atomic mass is 9.72. The molecule has 20 heavy (non-hydrogen) atoms. The first-order valence-electron chi connectivity index (χ1n) is 8.12. The van der Waals surface area contributed by atoms with E-state index in [1.54, 1.807) is 0 Å². The Kier molecular flexibility index (Phi) is 5.62. The van der Waals surface area contributed by atoms with Gasteiger partial charge in [0.1, 0.15) is 0 Å². The van der Waals surface area contributed by atoms with Crippen molar-refractivity contribution in [1.29, 1.82) is 0 Å². The summed E-state index contributed by atoms with van der Waals surface area (Å²) >= 11 is 0. The number of hydrogen-bond donors (Lipinski definition) is 1. The third-order valence-corrected chi connectivity index (χ3v) is 4.68. The van der Waals surface area contributed by atoms with Crippen molar-refractivity contribution in [2.24, 2.45) is 5.41 Å². The lowest BCUT2D eigenvalue weighted by molar-refractivity contribution is -0.0565. The van der Waals surface area contributed by atoms with E-state index in [1.165, 1.54) is 44.3 Å². The zero-order valence-corrected chi connectivity index (χ0v) is 13.0. The molecule has 1 saturated heterocycles. The van der Waals surface area contributed by atoms with Gasteiger partial charge in [-0.05, 0) is 30.2 Å². The fourth-order valence-electron chi connectivity index (χ4n) is 3.77. The van der Waals surface area contributed by atoms with Crippen molar-refractivity contribution in [3.05, 3.63) is 35.9 Å². The van der Waals surface area contributed by atoms with E-state index in [2.05, 4.69) is 49.1 Å². The van der Waals surface area contributed by atoms with Crippen LogP contribution < -0.4 is 0 Å². The van der Waals surface area contributed by atoms with Gasteiger partial charge in [0, 0.05) is 19.1 Å². The highest BCUT2D eigenvalue weighted by Crippen LogP contribution is 2.40. The quantitative estimate of drug-likeness (QED) is 0.785. The Bertz CT molecular complexity index is 376. The second-order valence-electron chi connectivity index (χ2n) is 6.43. The summed E-state index contributed by atoms with van der Waals surface area (Å²) in [5.41, 5.74) is 1.86. The van der Waals surface area contributed by atoms with Gasteiger partial charge in [0.15, 0.2) is 0 Å². The Labute approximate surface area is 123 Å². The van der Waals surface area contributed by atoms with Gasteiger partial charge in [0.05, 0.1) is 6.61 Å². The highest BCUT2D eigenvalue weighted by molar-refractivity contribution is 5.16. The normalized spacial score (nSPS) is 19.6. The number of likely N-dealkylation sites (tertiary alicyclic amines) is 1. The molecule has 1 heterocycles. The minimum absolute atomic E-state index is 0.267. The van der Waals surface area contributed by atoms with E-state index in [0.717, 1.165) is 6.42 Å². The highest BCUT2D eigenvalue weighted by Gasteiger charge is 2.43. The summed E-state index contributed by atoms with van der Waals surface area (Å²) in [6.07, 6.45) is 6.18. The van der Waals surface area contributed by atoms with Crippen molar-refractivity contribution >= 4 is 0 Å². The van der Waals surface area contributed by atoms with Crippen LogP contribution in [0.5, 0.6) is 0 Å². The van der Waals surface area contributed by atoms with Crippen LogP contribution >= 0.6 is 0 Å². The van der Waals surface area contributed by atoms with Gasteiger partial charge in [-0.15, -0.1) is 0 Å². The maximum atomic E-state index is 9.71. The predicted molar refractivity (Wildman–Crippen MR) is 84.8 cm³/mol. The van der Waals surface area contributed by atoms with Gasteiger partial charge in [-0.3, -0.25) is 4.90 Å². The molecule has 0 radical (unpaired) electrons. The summed E-state index contributed by atoms with van der Waals surface area (Å²) in [7, 11) is 0. The molecule has 1 aromatic rings. The summed E-state index contributed by atoms with van der Waals surface area (Å²) in [6, 6.07) is 10.8. The largest absolute Gasteiger partial charge is 0.395 e. The van der Waals surface area contributed by atoms with Gasteiger partial charge in [-0.25, -0.2) is 0 Å². The van der Waals surface area contributed by atoms with E-state index >= 15 is 0 Å². The first-order chi connectivity index (χ1) is 9.73. The number of hydrogen-bond acceptors (Lipinski definition) is 2. The van der Waals surface area contributed by atoms with Crippen LogP contribution in [0.1, 0.15) is 45.1 Å². The monoisotopic (exact) mass is 275 g/mol. The molecule has 1 fully saturated rings. The van der Waals surface area contributed by atoms with E-state index in [-0.39, 0.29) is 6.61 Å². The average Bonchev–Trinajstić information content (AvgIpc) is 2.43. The summed E-state index contributed by atoms with van der Waals surface area (Å²) in [4.78, 5) is 2.48. The molecule has 1 aromatic carbocycles. The standard InChI is InChI=1S/C18H29NO/c1-3-10-18(11-4-2)14-19(15-18)17(13-20)12-16-8-6-5-7-9-16/h5-9,17,20H,3-4,10-15H2,1-2H3/t17-/m0/s1. The van der Waals surface area contributed by atoms with Crippen LogP contribution in [0, 0.1) is 5.41 Å². The van der Waals surface area contributed by atoms with Crippen LogP contribution in [0.4, 0.5) is 0 Å². The molecule has 2 heteroatoms. The molecule has 112 valence electrons. The average molecular weight is 275 g/mol. The SMILES string of the molecule is CCCC1(CCC)CN([C@H](CO)Cc2ccccc2)C1. The summed E-state index contributed by atoms with van der Waals surface area (Å²) < 4.78 is 0. The molecule has 1 N–H and O–H groups in total. The van der Waals surface area contributed by atoms with Gasteiger partial charge >= 0.3 is 0 Å². The van der Waals surface area contributed by atoms with E-state index in [0.29, 0.717) is 11.5 Å². The van der Waals surface area contributed by atoms with Crippen molar-refractivity contribution < 1.29 is 5.11 Å². The molecule has 0 unspecified atom stereocenters. The smallest absolute Gasteiger partial charge is 0.0590 e. The Balaban J connectivity index is 1.91. The first kappa shape index (κ1) is 15.5. The molecular weight excluding hydrogens is 246 g/mol. The second kappa shape index (κ2) is 7.24. The molecule has 1 atom stereocenters. The van der Waals surface area contributed by atoms with E-state index in [9.17, 15) is 5.11 Å². The predicted octanol–water partition coefficient (Wildman–Crippen LogP) is 3.49. The Morgan fingerprint density at radius 1 is 1.10 bits per heavy atom. The Morgan fingerprint density at radius 2 is 1.70 bits per heavy atom. The highest BCUT2D eigenvalue weighted by atomic mass is 16.3. The molecule has 0 aliphatic carbocycles. The fraction of sp³-hybridized carbons (Fsp3) is 0.667. The van der Waals surface area contributed by atoms with Crippen molar-refractivity contribution in [2.45, 2.75) is 52.0 Å². The van der Waals surface area contributed by atoms with Gasteiger partial charge < -0.3 is 5.11 Å². The number of nitrogens with zero attached hydrogens (tertiary/aromatic N) is 1. The summed E-state index contributed by atoms with van der Waals surface area (Å²) in [5, 5.41) is 9.71. The lowest BCUT2D eigenvalue weighted by Crippen LogP contribution is -2.61. The minimum atomic E-state index is 0.267. The molecule has 0 aromatic heterocycles. The van der Waals surface area contributed by atoms with Gasteiger partial charge in [-0.1, -0.05) is 57.0 Å². The van der Waals surface area contributed by atoms with Crippen molar-refractivity contribution in [2.75, 3.05) is 19.7 Å². The lowest BCUT2D eigenvalue weighted by Gasteiger charge is -2.53. The molecular formula is C18H29NO. The number of benzene rings is 1. The molecule has 0 amide bonds. The summed E-state index contributed by atoms with van der Waals surface area (Å²) in [5.74, 6) is 0. The van der Waals surface area contributed by atoms with Crippen LogP contribution in [0.2, 0.25) is 0 Å². The van der Waals surface area contributed by atoms with Gasteiger partial charge in [-0.2, -0.15) is 0 Å². The van der Waals surface area contributed by atoms with Crippen molar-refractivity contribution in [1.82, 2.24) is 4.90 Å². The van der Waals surface area contributed by atoms with Gasteiger partial charge in [0.2, 0.25) is 0 Å². The van der Waals surface area contributed by atoms with E-state index < -0.39 is 0 Å². The Morgan fingerprint density at radius 3 is 2.20 bits per heavy atom. The van der Waals surface area contributed by atoms with Crippen molar-refractivity contribution in [3.63, 3.8) is 0 Å². The maximum Gasteiger partial charge on any atom is 0.0590 e. The number of aliphatic hydroxyl groups excluding tert-OH is 1. The van der Waals surface area contributed by atoms with Crippen LogP contribution in [0.15, 0.2) is 30.3 Å². The zero-order chi connectivity index (χ0) is 14.4. The third kappa shape index (κ3) is 3.62. The van der Waals surface area contributed by atoms with Crippen LogP contribution in [-0.4, -0.2) is 35.7 Å². The van der Waals surface area contributed by atoms with Gasteiger partial charge in [0.25, 0.3) is 0 Å². The van der Waals surface area contributed by atoms with Crippen molar-refractivity contribution in [3.8, 4) is 0 Å². The van der Waals surface area contributed by atoms with Crippen LogP contribution in [0.25, 0.3) is 0 Å². The molecule has 2 nitrogen and oxygen atoms in total. The minimum Gasteiger partial charge on any atom is -0.395 e. The maximum absolute atomic E-state index is 9.71. The zero-order valence-electron chi connectivity index (χ0n) is 13.0. The molecule has 2 rings (SSSR count). The molecule has 0 spiro atoms. The first-order valence-corrected chi connectivity index (χ1v) is 8.12. The topological polar surface area (TPSA) is 23.5 Å². The number of rotatable bonds is 8. The van der Waals surface area contributed by atoms with Crippen LogP contribution in [-0.2, 0) is 6.42 Å². The second-order valence-corrected chi connectivity index (χ2v) is 6.43. The Hall–Kier alpha value is -0.860. The fourth-order valence-corrected chi connectivity index (χ4v) is 3.77. The van der Waals surface area contributed by atoms with E-state index in [1.807, 2.05) is 0 Å². The molecule has 0 saturated carbocycles. The third-order valence-electron chi connectivity index (χ3n) is 4.68. The summed E-state index contributed by atoms with van der Waals surface area (Å²) in [6.45, 7) is 7.18. The molecule has 0 bridgehead atoms. The van der Waals surface area contributed by atoms with E-state index in [4.69, 9.17) is 0 Å².